The number of carboxylic acid groups (broad SMARTS) is 1. The van der Waals surface area contributed by atoms with Crippen LogP contribution in [0.2, 0.25) is 0 Å². The number of thiazole rings is 1. The number of nitrogens with one attached hydrogen (secondary N) is 1. The van der Waals surface area contributed by atoms with E-state index < -0.39 is 82.6 Å². The second-order valence-electron chi connectivity index (χ2n) is 7.58. The lowest BCUT2D eigenvalue weighted by Gasteiger charge is -2.56. The zero-order valence-corrected chi connectivity index (χ0v) is 18.8. The van der Waals surface area contributed by atoms with Gasteiger partial charge in [0.1, 0.15) is 17.1 Å². The maximum atomic E-state index is 13.0. The van der Waals surface area contributed by atoms with E-state index in [1.165, 1.54) is 5.38 Å². The first-order chi connectivity index (χ1) is 16.1. The number of rotatable bonds is 8. The van der Waals surface area contributed by atoms with Crippen LogP contribution < -0.4 is 11.1 Å². The monoisotopic (exact) mass is 517 g/mol. The number of hydrogen-bond acceptors (Lipinski definition) is 13. The Balaban J connectivity index is 1.59. The molecule has 6 N–H and O–H groups in total. The maximum absolute atomic E-state index is 13.0. The van der Waals surface area contributed by atoms with Gasteiger partial charge in [0.15, 0.2) is 16.9 Å². The predicted molar refractivity (Wildman–Crippen MR) is 112 cm³/mol. The minimum Gasteiger partial charge on any atom is -0.477 e. The number of carboxylic acids is 1. The Morgan fingerprint density at radius 3 is 2.74 bits per heavy atom. The van der Waals surface area contributed by atoms with E-state index in [1.54, 1.807) is 0 Å². The molecule has 15 nitrogen and oxygen atoms in total. The van der Waals surface area contributed by atoms with Gasteiger partial charge in [-0.25, -0.2) is 9.78 Å². The summed E-state index contributed by atoms with van der Waals surface area (Å²) < 4.78 is 17.8. The molecule has 0 aliphatic carbocycles. The molecule has 4 rings (SSSR count). The normalized spacial score (nSPS) is 30.3. The first kappa shape index (κ1) is 24.0. The lowest BCUT2D eigenvalue weighted by atomic mass is 9.89. The van der Waals surface area contributed by atoms with E-state index in [-0.39, 0.29) is 23.0 Å². The molecule has 0 aromatic carbocycles. The second-order valence-corrected chi connectivity index (χ2v) is 10.0. The largest absolute Gasteiger partial charge is 0.477 e. The van der Waals surface area contributed by atoms with Crippen molar-refractivity contribution in [3.05, 3.63) is 11.1 Å². The van der Waals surface area contributed by atoms with Crippen molar-refractivity contribution in [1.82, 2.24) is 15.2 Å². The molecule has 3 aliphatic heterocycles. The van der Waals surface area contributed by atoms with E-state index in [0.717, 1.165) is 16.2 Å². The first-order valence-corrected chi connectivity index (χ1v) is 12.0. The molecular weight excluding hydrogens is 498 g/mol. The van der Waals surface area contributed by atoms with Gasteiger partial charge in [-0.15, -0.1) is 11.3 Å². The molecule has 3 saturated heterocycles. The Morgan fingerprint density at radius 2 is 2.15 bits per heavy atom. The summed E-state index contributed by atoms with van der Waals surface area (Å²) in [6.45, 7) is -1.22. The number of aliphatic hydroxyl groups is 2. The molecule has 3 fully saturated rings. The number of β-lactam (4-membered cyclic amide) rings is 1. The minimum absolute atomic E-state index is 0.0326. The highest BCUT2D eigenvalue weighted by Gasteiger charge is 2.73. The number of oxime groups is 1. The van der Waals surface area contributed by atoms with Crippen molar-refractivity contribution in [3.8, 4) is 0 Å². The molecule has 17 heteroatoms. The van der Waals surface area contributed by atoms with Crippen LogP contribution in [-0.2, 0) is 39.6 Å². The van der Waals surface area contributed by atoms with Crippen molar-refractivity contribution in [2.24, 2.45) is 11.1 Å². The van der Waals surface area contributed by atoms with Crippen LogP contribution in [0.25, 0.3) is 0 Å². The fraction of sp³-hybridized carbons (Fsp3) is 0.529. The molecule has 4 heterocycles. The van der Waals surface area contributed by atoms with Gasteiger partial charge in [-0.05, 0) is 0 Å². The van der Waals surface area contributed by atoms with Crippen molar-refractivity contribution in [2.75, 3.05) is 24.7 Å². The molecule has 34 heavy (non-hydrogen) atoms. The van der Waals surface area contributed by atoms with Crippen molar-refractivity contribution in [1.29, 1.82) is 0 Å². The number of ether oxygens (including phenoxy) is 1. The van der Waals surface area contributed by atoms with Gasteiger partial charge in [0.05, 0.1) is 25.6 Å². The number of nitrogen functional groups attached to an aromatic ring is 1. The minimum atomic E-state index is -2.28. The third-order valence-corrected chi connectivity index (χ3v) is 7.97. The number of fused-ring (bicyclic) bond motifs is 3. The van der Waals surface area contributed by atoms with Gasteiger partial charge in [0.25, 0.3) is 17.5 Å². The lowest BCUT2D eigenvalue weighted by Crippen LogP contribution is -2.83. The summed E-state index contributed by atoms with van der Waals surface area (Å²) in [5.74, 6) is -5.52. The van der Waals surface area contributed by atoms with Crippen LogP contribution in [0, 0.1) is 5.92 Å². The molecule has 1 aromatic rings. The number of esters is 1. The smallest absolute Gasteiger partial charge is 0.370 e. The Hall–Kier alpha value is -3.15. The molecule has 0 unspecified atom stereocenters. The summed E-state index contributed by atoms with van der Waals surface area (Å²) in [7, 11) is -1.81. The van der Waals surface area contributed by atoms with Crippen LogP contribution in [0.15, 0.2) is 10.5 Å². The SMILES string of the molecule is Nc1nc(/C(=N\OC(CO)CO)C(=O)N[C@@H]2C(=O)N3[C@@H]2[S@@](=O)C[C@@H]2CC(=O)O[C@@]23C(=O)O)cs1. The second kappa shape index (κ2) is 8.90. The standard InChI is InChI=1S/C17H19N5O10S2/c18-16-19-8(4-33-16)10(21-32-7(2-23)3-24)12(26)20-11-13(27)22-14(11)34(30)5-6-1-9(25)31-17(6,22)15(28)29/h4,6-7,11,14,23-24H,1-3,5H2,(H2,18,19)(H,20,26)(H,28,29)/b21-10+/t6-,11+,14+,17+,34-/m0/s1. The Morgan fingerprint density at radius 1 is 1.44 bits per heavy atom. The average molecular weight is 517 g/mol. The van der Waals surface area contributed by atoms with E-state index in [0.29, 0.717) is 0 Å². The molecule has 2 amide bonds. The number of carbonyl (C=O) groups excluding carboxylic acids is 3. The number of amides is 2. The molecule has 0 radical (unpaired) electrons. The Bertz CT molecular complexity index is 1100. The summed E-state index contributed by atoms with van der Waals surface area (Å²) in [5.41, 5.74) is 2.83. The van der Waals surface area contributed by atoms with E-state index in [1.807, 2.05) is 0 Å². The van der Waals surface area contributed by atoms with E-state index in [9.17, 15) is 28.5 Å². The number of anilines is 1. The highest BCUT2D eigenvalue weighted by Crippen LogP contribution is 2.47. The number of hydrogen-bond donors (Lipinski definition) is 5. The third-order valence-electron chi connectivity index (χ3n) is 5.54. The number of aliphatic hydroxyl groups excluding tert-OH is 2. The van der Waals surface area contributed by atoms with Crippen molar-refractivity contribution < 1.29 is 48.3 Å². The third kappa shape index (κ3) is 3.69. The Labute approximate surface area is 197 Å². The van der Waals surface area contributed by atoms with Gasteiger partial charge in [0, 0.05) is 21.9 Å². The molecular formula is C17H19N5O10S2. The first-order valence-electron chi connectivity index (χ1n) is 9.77. The van der Waals surface area contributed by atoms with E-state index in [2.05, 4.69) is 15.5 Å². The highest BCUT2D eigenvalue weighted by atomic mass is 32.2. The van der Waals surface area contributed by atoms with Crippen molar-refractivity contribution in [3.63, 3.8) is 0 Å². The van der Waals surface area contributed by atoms with Crippen LogP contribution in [0.1, 0.15) is 12.1 Å². The van der Waals surface area contributed by atoms with E-state index in [4.69, 9.17) is 25.5 Å². The fourth-order valence-electron chi connectivity index (χ4n) is 3.96. The van der Waals surface area contributed by atoms with Gasteiger partial charge < -0.3 is 35.9 Å². The zero-order valence-electron chi connectivity index (χ0n) is 17.2. The quantitative estimate of drug-likeness (QED) is 0.0981. The van der Waals surface area contributed by atoms with E-state index >= 15 is 0 Å². The number of nitrogens with zero attached hydrogens (tertiary/aromatic N) is 3. The maximum Gasteiger partial charge on any atom is 0.370 e. The molecule has 0 saturated carbocycles. The number of aromatic nitrogens is 1. The molecule has 0 bridgehead atoms. The molecule has 0 spiro atoms. The highest BCUT2D eigenvalue weighted by molar-refractivity contribution is 7.85. The van der Waals surface area contributed by atoms with Crippen molar-refractivity contribution >= 4 is 56.7 Å². The number of nitrogens with two attached hydrogens (primary N) is 1. The fourth-order valence-corrected chi connectivity index (χ4v) is 6.42. The van der Waals surface area contributed by atoms with Crippen LogP contribution in [0.4, 0.5) is 5.13 Å². The molecule has 184 valence electrons. The summed E-state index contributed by atoms with van der Waals surface area (Å²) in [4.78, 5) is 59.3. The van der Waals surface area contributed by atoms with Gasteiger partial charge in [-0.1, -0.05) is 5.16 Å². The average Bonchev–Trinajstić information content (AvgIpc) is 3.36. The predicted octanol–water partition coefficient (Wildman–Crippen LogP) is -3.44. The number of carbonyl (C=O) groups is 4. The number of aliphatic carboxylic acids is 1. The zero-order chi connectivity index (χ0) is 24.8. The summed E-state index contributed by atoms with van der Waals surface area (Å²) >= 11 is 0.981. The lowest BCUT2D eigenvalue weighted by molar-refractivity contribution is -0.216. The summed E-state index contributed by atoms with van der Waals surface area (Å²) in [6, 6.07) is -1.41. The van der Waals surface area contributed by atoms with Crippen LogP contribution in [0.5, 0.6) is 0 Å². The summed E-state index contributed by atoms with van der Waals surface area (Å²) in [5, 5.41) is 34.2. The van der Waals surface area contributed by atoms with Gasteiger partial charge in [0.2, 0.25) is 0 Å². The van der Waals surface area contributed by atoms with Crippen LogP contribution in [-0.4, -0.2) is 101 Å². The molecule has 3 aliphatic rings. The van der Waals surface area contributed by atoms with Crippen molar-refractivity contribution in [2.45, 2.75) is 29.7 Å². The molecule has 1 aromatic heterocycles. The summed E-state index contributed by atoms with van der Waals surface area (Å²) in [6.07, 6.45) is -1.45. The van der Waals surface area contributed by atoms with Gasteiger partial charge >= 0.3 is 11.9 Å². The van der Waals surface area contributed by atoms with Crippen LogP contribution in [0.3, 0.4) is 0 Å². The molecule has 5 atom stereocenters. The van der Waals surface area contributed by atoms with Gasteiger partial charge in [-0.3, -0.25) is 23.5 Å². The van der Waals surface area contributed by atoms with Crippen LogP contribution >= 0.6 is 11.3 Å². The topological polar surface area (TPSA) is 231 Å². The Kier molecular flexibility index (Phi) is 6.28. The van der Waals surface area contributed by atoms with Gasteiger partial charge in [-0.2, -0.15) is 0 Å².